The number of rotatable bonds is 6. The highest BCUT2D eigenvalue weighted by Gasteiger charge is 2.36. The Morgan fingerprint density at radius 1 is 1.29 bits per heavy atom. The van der Waals surface area contributed by atoms with E-state index >= 15 is 0 Å². The molecular weight excluding hydrogens is 212 g/mol. The van der Waals surface area contributed by atoms with Crippen LogP contribution < -0.4 is 5.32 Å². The number of carbonyl (C=O) groups excluding carboxylic acids is 1. The lowest BCUT2D eigenvalue weighted by Gasteiger charge is -2.25. The van der Waals surface area contributed by atoms with Crippen molar-refractivity contribution in [1.29, 1.82) is 0 Å². The first kappa shape index (κ1) is 14.5. The lowest BCUT2D eigenvalue weighted by atomic mass is 9.98. The molecule has 1 amide bonds. The highest BCUT2D eigenvalue weighted by Crippen LogP contribution is 2.20. The number of amides is 1. The zero-order chi connectivity index (χ0) is 13.0. The molecule has 1 N–H and O–H groups in total. The van der Waals surface area contributed by atoms with E-state index in [0.717, 1.165) is 19.5 Å². The van der Waals surface area contributed by atoms with Crippen molar-refractivity contribution in [3.05, 3.63) is 0 Å². The first-order chi connectivity index (χ1) is 7.97. The topological polar surface area (TPSA) is 32.3 Å². The van der Waals surface area contributed by atoms with Crippen LogP contribution in [-0.2, 0) is 4.79 Å². The quantitative estimate of drug-likeness (QED) is 0.774. The number of nitrogens with zero attached hydrogens (tertiary/aromatic N) is 1. The van der Waals surface area contributed by atoms with Gasteiger partial charge < -0.3 is 4.90 Å². The maximum absolute atomic E-state index is 12.3. The van der Waals surface area contributed by atoms with Gasteiger partial charge in [-0.05, 0) is 31.6 Å². The van der Waals surface area contributed by atoms with Crippen molar-refractivity contribution in [2.45, 2.75) is 66.0 Å². The molecule has 100 valence electrons. The summed E-state index contributed by atoms with van der Waals surface area (Å²) >= 11 is 0. The van der Waals surface area contributed by atoms with E-state index in [1.807, 2.05) is 4.90 Å². The Balaban J connectivity index is 2.48. The molecule has 1 aliphatic rings. The lowest BCUT2D eigenvalue weighted by Crippen LogP contribution is -2.39. The summed E-state index contributed by atoms with van der Waals surface area (Å²) in [6.45, 7) is 11.7. The third kappa shape index (κ3) is 3.70. The van der Waals surface area contributed by atoms with Crippen molar-refractivity contribution in [1.82, 2.24) is 10.2 Å². The van der Waals surface area contributed by atoms with Crippen LogP contribution >= 0.6 is 0 Å². The molecule has 0 aliphatic carbocycles. The summed E-state index contributed by atoms with van der Waals surface area (Å²) in [5.74, 6) is 1.45. The monoisotopic (exact) mass is 240 g/mol. The molecule has 1 heterocycles. The summed E-state index contributed by atoms with van der Waals surface area (Å²) in [5.41, 5.74) is 0. The molecule has 3 unspecified atom stereocenters. The zero-order valence-corrected chi connectivity index (χ0v) is 12.0. The summed E-state index contributed by atoms with van der Waals surface area (Å²) < 4.78 is 0. The van der Waals surface area contributed by atoms with Crippen LogP contribution in [0, 0.1) is 11.8 Å². The van der Waals surface area contributed by atoms with Crippen molar-refractivity contribution in [3.8, 4) is 0 Å². The van der Waals surface area contributed by atoms with E-state index in [-0.39, 0.29) is 6.04 Å². The number of hydrogen-bond acceptors (Lipinski definition) is 2. The van der Waals surface area contributed by atoms with E-state index in [2.05, 4.69) is 39.9 Å². The minimum atomic E-state index is 0.0431. The van der Waals surface area contributed by atoms with Gasteiger partial charge in [-0.3, -0.25) is 10.1 Å². The third-order valence-electron chi connectivity index (χ3n) is 3.94. The van der Waals surface area contributed by atoms with Crippen LogP contribution in [0.4, 0.5) is 0 Å². The molecule has 0 aromatic carbocycles. The van der Waals surface area contributed by atoms with Crippen molar-refractivity contribution < 1.29 is 4.79 Å². The summed E-state index contributed by atoms with van der Waals surface area (Å²) in [6, 6.07) is 0.410. The van der Waals surface area contributed by atoms with Crippen LogP contribution in [0.5, 0.6) is 0 Å². The van der Waals surface area contributed by atoms with E-state index in [0.29, 0.717) is 23.8 Å². The predicted molar refractivity (Wildman–Crippen MR) is 71.6 cm³/mol. The number of hydrogen-bond donors (Lipinski definition) is 1. The molecule has 1 rings (SSSR count). The van der Waals surface area contributed by atoms with Gasteiger partial charge in [-0.25, -0.2) is 0 Å². The maximum atomic E-state index is 12.3. The molecule has 3 heteroatoms. The maximum Gasteiger partial charge on any atom is 0.241 e. The first-order valence-electron chi connectivity index (χ1n) is 7.01. The fourth-order valence-electron chi connectivity index (χ4n) is 2.32. The molecule has 0 spiro atoms. The average Bonchev–Trinajstić information content (AvgIpc) is 2.67. The van der Waals surface area contributed by atoms with Gasteiger partial charge >= 0.3 is 0 Å². The smallest absolute Gasteiger partial charge is 0.241 e. The van der Waals surface area contributed by atoms with Gasteiger partial charge in [0.25, 0.3) is 0 Å². The van der Waals surface area contributed by atoms with Crippen LogP contribution in [-0.4, -0.2) is 29.6 Å². The zero-order valence-electron chi connectivity index (χ0n) is 12.0. The summed E-state index contributed by atoms with van der Waals surface area (Å²) in [7, 11) is 0. The Labute approximate surface area is 106 Å². The van der Waals surface area contributed by atoms with E-state index in [1.165, 1.54) is 6.42 Å². The van der Waals surface area contributed by atoms with Gasteiger partial charge in [0, 0.05) is 6.04 Å². The Bertz CT molecular complexity index is 253. The molecule has 3 atom stereocenters. The van der Waals surface area contributed by atoms with Gasteiger partial charge in [-0.1, -0.05) is 34.1 Å². The number of nitrogens with one attached hydrogen (secondary N) is 1. The first-order valence-corrected chi connectivity index (χ1v) is 7.01. The molecule has 0 radical (unpaired) electrons. The molecular formula is C14H28N2O. The van der Waals surface area contributed by atoms with Gasteiger partial charge in [0.2, 0.25) is 5.91 Å². The van der Waals surface area contributed by atoms with Gasteiger partial charge in [0.15, 0.2) is 0 Å². The van der Waals surface area contributed by atoms with Crippen LogP contribution in [0.3, 0.4) is 0 Å². The van der Waals surface area contributed by atoms with E-state index < -0.39 is 0 Å². The van der Waals surface area contributed by atoms with Gasteiger partial charge in [-0.2, -0.15) is 0 Å². The summed E-state index contributed by atoms with van der Waals surface area (Å²) in [4.78, 5) is 14.3. The molecule has 1 fully saturated rings. The second-order valence-corrected chi connectivity index (χ2v) is 5.85. The van der Waals surface area contributed by atoms with Crippen LogP contribution in [0.1, 0.15) is 53.9 Å². The second kappa shape index (κ2) is 6.39. The molecule has 0 aromatic rings. The SMILES string of the molecule is CCC(C)C1NCN(C(C)CCC(C)C)C1=O. The van der Waals surface area contributed by atoms with Crippen LogP contribution in [0.15, 0.2) is 0 Å². The Morgan fingerprint density at radius 2 is 1.94 bits per heavy atom. The molecule has 1 saturated heterocycles. The highest BCUT2D eigenvalue weighted by molar-refractivity contribution is 5.84. The Hall–Kier alpha value is -0.570. The van der Waals surface area contributed by atoms with Crippen molar-refractivity contribution in [2.75, 3.05) is 6.67 Å². The normalized spacial score (nSPS) is 24.5. The van der Waals surface area contributed by atoms with Gasteiger partial charge in [-0.15, -0.1) is 0 Å². The molecule has 0 bridgehead atoms. The summed E-state index contributed by atoms with van der Waals surface area (Å²) in [5, 5.41) is 3.35. The molecule has 17 heavy (non-hydrogen) atoms. The van der Waals surface area contributed by atoms with Gasteiger partial charge in [0.05, 0.1) is 12.7 Å². The largest absolute Gasteiger partial charge is 0.326 e. The van der Waals surface area contributed by atoms with Crippen LogP contribution in [0.25, 0.3) is 0 Å². The van der Waals surface area contributed by atoms with E-state index in [9.17, 15) is 4.79 Å². The second-order valence-electron chi connectivity index (χ2n) is 5.85. The lowest BCUT2D eigenvalue weighted by molar-refractivity contribution is -0.131. The number of carbonyl (C=O) groups is 1. The third-order valence-corrected chi connectivity index (χ3v) is 3.94. The standard InChI is InChI=1S/C14H28N2O/c1-6-11(4)13-14(17)16(9-15-13)12(5)8-7-10(2)3/h10-13,15H,6-9H2,1-5H3. The minimum absolute atomic E-state index is 0.0431. The fourth-order valence-corrected chi connectivity index (χ4v) is 2.32. The summed E-state index contributed by atoms with van der Waals surface area (Å²) in [6.07, 6.45) is 3.36. The Kier molecular flexibility index (Phi) is 5.44. The highest BCUT2D eigenvalue weighted by atomic mass is 16.2. The van der Waals surface area contributed by atoms with E-state index in [1.54, 1.807) is 0 Å². The molecule has 0 saturated carbocycles. The molecule has 3 nitrogen and oxygen atoms in total. The average molecular weight is 240 g/mol. The predicted octanol–water partition coefficient (Wildman–Crippen LogP) is 2.62. The van der Waals surface area contributed by atoms with Crippen molar-refractivity contribution in [2.24, 2.45) is 11.8 Å². The van der Waals surface area contributed by atoms with E-state index in [4.69, 9.17) is 0 Å². The van der Waals surface area contributed by atoms with Crippen molar-refractivity contribution in [3.63, 3.8) is 0 Å². The van der Waals surface area contributed by atoms with Crippen LogP contribution in [0.2, 0.25) is 0 Å². The minimum Gasteiger partial charge on any atom is -0.326 e. The van der Waals surface area contributed by atoms with Gasteiger partial charge in [0.1, 0.15) is 0 Å². The Morgan fingerprint density at radius 3 is 2.47 bits per heavy atom. The molecule has 1 aliphatic heterocycles. The van der Waals surface area contributed by atoms with Crippen molar-refractivity contribution >= 4 is 5.91 Å². The molecule has 0 aromatic heterocycles. The fraction of sp³-hybridized carbons (Fsp3) is 0.929.